The Bertz CT molecular complexity index is 759. The number of nitriles is 1. The maximum Gasteiger partial charge on any atom is 0.144 e. The molecule has 0 spiro atoms. The molecule has 3 rings (SSSR count). The van der Waals surface area contributed by atoms with Crippen LogP contribution in [-0.4, -0.2) is 17.9 Å². The van der Waals surface area contributed by atoms with Gasteiger partial charge in [-0.1, -0.05) is 0 Å². The van der Waals surface area contributed by atoms with Crippen LogP contribution in [0.2, 0.25) is 0 Å². The summed E-state index contributed by atoms with van der Waals surface area (Å²) >= 11 is 0. The van der Waals surface area contributed by atoms with Gasteiger partial charge in [0.25, 0.3) is 0 Å². The minimum Gasteiger partial charge on any atom is -0.383 e. The predicted molar refractivity (Wildman–Crippen MR) is 88.5 cm³/mol. The second kappa shape index (κ2) is 6.03. The highest BCUT2D eigenvalue weighted by Crippen LogP contribution is 2.32. The Morgan fingerprint density at radius 2 is 2.00 bits per heavy atom. The first-order chi connectivity index (χ1) is 10.4. The largest absolute Gasteiger partial charge is 0.383 e. The molecule has 0 saturated heterocycles. The second-order valence-electron chi connectivity index (χ2n) is 5.66. The van der Waals surface area contributed by atoms with E-state index in [1.165, 1.54) is 17.1 Å². The van der Waals surface area contributed by atoms with E-state index in [4.69, 9.17) is 10.5 Å². The summed E-state index contributed by atoms with van der Waals surface area (Å²) in [6.45, 7) is 4.11. The van der Waals surface area contributed by atoms with Gasteiger partial charge in [0.2, 0.25) is 0 Å². The standard InChI is InChI=1S/C16H15FN4O.ClH/c1-16(2)7-12-13(8-18)15(19)21(20-14(12)9-22-16)11-5-3-10(17)4-6-11;/h3-7H,9,19H2,1-2H3;1H. The lowest BCUT2D eigenvalue weighted by Crippen LogP contribution is -2.39. The van der Waals surface area contributed by atoms with Crippen molar-refractivity contribution in [2.24, 2.45) is 10.8 Å². The number of nitrogens with two attached hydrogens (primary N) is 1. The number of fused-ring (bicyclic) bond motifs is 1. The Kier molecular flexibility index (Phi) is 4.46. The van der Waals surface area contributed by atoms with Gasteiger partial charge in [0, 0.05) is 5.57 Å². The summed E-state index contributed by atoms with van der Waals surface area (Å²) < 4.78 is 18.8. The number of halogens is 2. The maximum atomic E-state index is 13.1. The highest BCUT2D eigenvalue weighted by Gasteiger charge is 2.33. The Hall–Kier alpha value is -2.36. The topological polar surface area (TPSA) is 74.6 Å². The summed E-state index contributed by atoms with van der Waals surface area (Å²) in [5.74, 6) is -0.124. The molecule has 1 aromatic carbocycles. The maximum absolute atomic E-state index is 13.1. The fourth-order valence-electron chi connectivity index (χ4n) is 2.42. The first kappa shape index (κ1) is 17.0. The van der Waals surface area contributed by atoms with Gasteiger partial charge in [-0.25, -0.2) is 9.40 Å². The van der Waals surface area contributed by atoms with E-state index in [0.29, 0.717) is 22.5 Å². The van der Waals surface area contributed by atoms with E-state index in [-0.39, 0.29) is 30.7 Å². The number of nitrogens with zero attached hydrogens (tertiary/aromatic N) is 3. The molecule has 23 heavy (non-hydrogen) atoms. The van der Waals surface area contributed by atoms with Crippen molar-refractivity contribution in [3.63, 3.8) is 0 Å². The van der Waals surface area contributed by atoms with Gasteiger partial charge < -0.3 is 10.5 Å². The van der Waals surface area contributed by atoms with Crippen molar-refractivity contribution in [1.29, 1.82) is 5.26 Å². The Morgan fingerprint density at radius 1 is 1.35 bits per heavy atom. The van der Waals surface area contributed by atoms with Crippen LogP contribution in [0.3, 0.4) is 0 Å². The number of hydrogen-bond acceptors (Lipinski definition) is 5. The third kappa shape index (κ3) is 3.07. The number of allylic oxidation sites excluding steroid dienone is 1. The molecule has 0 atom stereocenters. The minimum atomic E-state index is -0.477. The highest BCUT2D eigenvalue weighted by molar-refractivity contribution is 6.08. The van der Waals surface area contributed by atoms with Crippen LogP contribution in [0.4, 0.5) is 10.1 Å². The van der Waals surface area contributed by atoms with Gasteiger partial charge in [0.1, 0.15) is 23.3 Å². The number of benzene rings is 1. The van der Waals surface area contributed by atoms with Crippen molar-refractivity contribution in [2.75, 3.05) is 11.6 Å². The first-order valence-electron chi connectivity index (χ1n) is 6.82. The van der Waals surface area contributed by atoms with Crippen LogP contribution in [0.25, 0.3) is 0 Å². The van der Waals surface area contributed by atoms with Gasteiger partial charge >= 0.3 is 0 Å². The molecule has 5 nitrogen and oxygen atoms in total. The van der Waals surface area contributed by atoms with E-state index < -0.39 is 5.60 Å². The van der Waals surface area contributed by atoms with Crippen molar-refractivity contribution in [1.82, 2.24) is 0 Å². The average molecular weight is 335 g/mol. The molecule has 0 aromatic heterocycles. The number of hydrogen-bond donors (Lipinski definition) is 1. The molecule has 0 aliphatic carbocycles. The van der Waals surface area contributed by atoms with Gasteiger partial charge in [-0.15, -0.1) is 12.4 Å². The minimum absolute atomic E-state index is 0. The van der Waals surface area contributed by atoms with Crippen LogP contribution in [-0.2, 0) is 4.74 Å². The lowest BCUT2D eigenvalue weighted by atomic mass is 9.92. The monoisotopic (exact) mass is 334 g/mol. The molecule has 0 radical (unpaired) electrons. The van der Waals surface area contributed by atoms with Gasteiger partial charge in [-0.3, -0.25) is 0 Å². The first-order valence-corrected chi connectivity index (χ1v) is 6.82. The van der Waals surface area contributed by atoms with E-state index in [2.05, 4.69) is 11.2 Å². The zero-order valence-corrected chi connectivity index (χ0v) is 13.5. The number of anilines is 1. The summed E-state index contributed by atoms with van der Waals surface area (Å²) in [5, 5.41) is 15.4. The number of ether oxygens (including phenoxy) is 1. The molecule has 1 aromatic rings. The molecule has 0 unspecified atom stereocenters. The molecule has 7 heteroatoms. The van der Waals surface area contributed by atoms with Gasteiger partial charge in [-0.05, 0) is 44.2 Å². The Labute approximate surface area is 139 Å². The lowest BCUT2D eigenvalue weighted by Gasteiger charge is -2.34. The normalized spacial score (nSPS) is 19.1. The zero-order chi connectivity index (χ0) is 15.9. The highest BCUT2D eigenvalue weighted by atomic mass is 35.5. The van der Waals surface area contributed by atoms with Gasteiger partial charge in [-0.2, -0.15) is 10.4 Å². The Morgan fingerprint density at radius 3 is 2.61 bits per heavy atom. The lowest BCUT2D eigenvalue weighted by molar-refractivity contribution is 0.0409. The van der Waals surface area contributed by atoms with E-state index in [1.54, 1.807) is 12.1 Å². The van der Waals surface area contributed by atoms with E-state index >= 15 is 0 Å². The van der Waals surface area contributed by atoms with Crippen LogP contribution in [0.1, 0.15) is 13.8 Å². The van der Waals surface area contributed by atoms with E-state index in [9.17, 15) is 9.65 Å². The number of rotatable bonds is 1. The van der Waals surface area contributed by atoms with Crippen LogP contribution in [0, 0.1) is 17.1 Å². The molecule has 2 aliphatic rings. The summed E-state index contributed by atoms with van der Waals surface area (Å²) in [5.41, 5.74) is 7.90. The fourth-order valence-corrected chi connectivity index (χ4v) is 2.42. The summed E-state index contributed by atoms with van der Waals surface area (Å²) in [7, 11) is 0. The second-order valence-corrected chi connectivity index (χ2v) is 5.66. The van der Waals surface area contributed by atoms with Crippen LogP contribution < -0.4 is 10.7 Å². The van der Waals surface area contributed by atoms with Crippen LogP contribution in [0.15, 0.2) is 52.4 Å². The zero-order valence-electron chi connectivity index (χ0n) is 12.7. The van der Waals surface area contributed by atoms with Crippen molar-refractivity contribution >= 4 is 23.8 Å². The molecule has 0 amide bonds. The Balaban J connectivity index is 0.00000192. The molecular weight excluding hydrogens is 319 g/mol. The molecular formula is C16H16ClFN4O. The molecule has 2 aliphatic heterocycles. The van der Waals surface area contributed by atoms with E-state index in [1.807, 2.05) is 19.9 Å². The van der Waals surface area contributed by atoms with Crippen molar-refractivity contribution in [3.05, 3.63) is 53.1 Å². The molecule has 120 valence electrons. The SMILES string of the molecule is CC1(C)C=C2C(=NN(c3ccc(F)cc3)C(N)=C2C#N)CO1.Cl. The molecule has 0 saturated carbocycles. The van der Waals surface area contributed by atoms with E-state index in [0.717, 1.165) is 0 Å². The number of hydrazone groups is 1. The average Bonchev–Trinajstić information content (AvgIpc) is 2.47. The summed E-state index contributed by atoms with van der Waals surface area (Å²) in [6, 6.07) is 7.89. The molecule has 0 bridgehead atoms. The quantitative estimate of drug-likeness (QED) is 0.857. The van der Waals surface area contributed by atoms with Crippen molar-refractivity contribution < 1.29 is 9.13 Å². The summed E-state index contributed by atoms with van der Waals surface area (Å²) in [4.78, 5) is 0. The van der Waals surface area contributed by atoms with Crippen molar-refractivity contribution in [3.8, 4) is 6.07 Å². The molecule has 0 fully saturated rings. The third-order valence-corrected chi connectivity index (χ3v) is 3.54. The van der Waals surface area contributed by atoms with Crippen molar-refractivity contribution in [2.45, 2.75) is 19.4 Å². The third-order valence-electron chi connectivity index (χ3n) is 3.54. The van der Waals surface area contributed by atoms with Gasteiger partial charge in [0.15, 0.2) is 0 Å². The summed E-state index contributed by atoms with van der Waals surface area (Å²) in [6.07, 6.45) is 1.85. The smallest absolute Gasteiger partial charge is 0.144 e. The van der Waals surface area contributed by atoms with Gasteiger partial charge in [0.05, 0.1) is 23.6 Å². The fraction of sp³-hybridized carbons (Fsp3) is 0.250. The predicted octanol–water partition coefficient (Wildman–Crippen LogP) is 2.85. The van der Waals surface area contributed by atoms with Crippen LogP contribution >= 0.6 is 12.4 Å². The molecule has 2 N–H and O–H groups in total. The molecule has 2 heterocycles. The van der Waals surface area contributed by atoms with Crippen LogP contribution in [0.5, 0.6) is 0 Å².